The Balaban J connectivity index is 2.83. The maximum absolute atomic E-state index is 12.4. The number of nitrogens with zero attached hydrogens (tertiary/aromatic N) is 2. The van der Waals surface area contributed by atoms with E-state index in [0.29, 0.717) is 0 Å². The molecule has 66 valence electrons. The van der Waals surface area contributed by atoms with E-state index in [0.717, 1.165) is 12.4 Å². The van der Waals surface area contributed by atoms with Crippen molar-refractivity contribution >= 4 is 11.8 Å². The predicted molar refractivity (Wildman–Crippen MR) is 33.9 cm³/mol. The Labute approximate surface area is 69.0 Å². The minimum Gasteiger partial charge on any atom is -0.243 e. The number of thioether (sulfide) groups is 1. The molecule has 1 heterocycles. The third-order valence-corrected chi connectivity index (χ3v) is 1.53. The molecule has 0 saturated carbocycles. The van der Waals surface area contributed by atoms with Crippen LogP contribution in [0.1, 0.15) is 0 Å². The molecule has 0 bridgehead atoms. The summed E-state index contributed by atoms with van der Waals surface area (Å²) >= 11 is -0.621. The standard InChI is InChI=1S/C5H2F4N2S/c6-3-4(11-2-1-10-3)12-5(7,8)9/h1-2H. The van der Waals surface area contributed by atoms with Crippen LogP contribution in [0.25, 0.3) is 0 Å². The fourth-order valence-corrected chi connectivity index (χ4v) is 0.956. The molecule has 0 N–H and O–H groups in total. The van der Waals surface area contributed by atoms with Gasteiger partial charge in [-0.15, -0.1) is 0 Å². The predicted octanol–water partition coefficient (Wildman–Crippen LogP) is 2.23. The number of aromatic nitrogens is 2. The fraction of sp³-hybridized carbons (Fsp3) is 0.200. The van der Waals surface area contributed by atoms with E-state index in [1.807, 2.05) is 0 Å². The van der Waals surface area contributed by atoms with Gasteiger partial charge in [0, 0.05) is 24.2 Å². The van der Waals surface area contributed by atoms with Gasteiger partial charge in [-0.25, -0.2) is 9.97 Å². The quantitative estimate of drug-likeness (QED) is 0.511. The molecule has 0 atom stereocenters. The summed E-state index contributed by atoms with van der Waals surface area (Å²) in [4.78, 5) is 6.18. The molecule has 0 aromatic carbocycles. The summed E-state index contributed by atoms with van der Waals surface area (Å²) in [5, 5.41) is -0.759. The second-order valence-electron chi connectivity index (χ2n) is 1.70. The van der Waals surface area contributed by atoms with Crippen molar-refractivity contribution in [2.24, 2.45) is 0 Å². The highest BCUT2D eigenvalue weighted by molar-refractivity contribution is 8.00. The number of rotatable bonds is 1. The first-order chi connectivity index (χ1) is 5.49. The van der Waals surface area contributed by atoms with E-state index in [9.17, 15) is 17.6 Å². The van der Waals surface area contributed by atoms with Crippen LogP contribution in [0, 0.1) is 5.95 Å². The van der Waals surface area contributed by atoms with E-state index in [-0.39, 0.29) is 0 Å². The second-order valence-corrected chi connectivity index (χ2v) is 2.75. The SMILES string of the molecule is Fc1nccnc1SC(F)(F)F. The Bertz CT molecular complexity index is 274. The van der Waals surface area contributed by atoms with E-state index < -0.39 is 28.2 Å². The van der Waals surface area contributed by atoms with Gasteiger partial charge >= 0.3 is 5.51 Å². The lowest BCUT2D eigenvalue weighted by atomic mass is 10.7. The van der Waals surface area contributed by atoms with Gasteiger partial charge in [-0.1, -0.05) is 0 Å². The van der Waals surface area contributed by atoms with E-state index in [4.69, 9.17) is 0 Å². The van der Waals surface area contributed by atoms with E-state index in [2.05, 4.69) is 9.97 Å². The van der Waals surface area contributed by atoms with Crippen LogP contribution in [0.3, 0.4) is 0 Å². The van der Waals surface area contributed by atoms with Crippen LogP contribution in [0.4, 0.5) is 17.6 Å². The molecule has 0 aliphatic rings. The third kappa shape index (κ3) is 2.65. The van der Waals surface area contributed by atoms with Crippen LogP contribution in [0.15, 0.2) is 17.4 Å². The molecule has 0 saturated heterocycles. The van der Waals surface area contributed by atoms with Gasteiger partial charge in [0.1, 0.15) is 0 Å². The van der Waals surface area contributed by atoms with Crippen molar-refractivity contribution < 1.29 is 17.6 Å². The van der Waals surface area contributed by atoms with Crippen LogP contribution in [0.2, 0.25) is 0 Å². The van der Waals surface area contributed by atoms with Crippen molar-refractivity contribution in [1.82, 2.24) is 9.97 Å². The summed E-state index contributed by atoms with van der Waals surface area (Å²) in [5.41, 5.74) is -4.53. The van der Waals surface area contributed by atoms with Crippen molar-refractivity contribution in [2.45, 2.75) is 10.5 Å². The lowest BCUT2D eigenvalue weighted by Crippen LogP contribution is -2.02. The largest absolute Gasteiger partial charge is 0.448 e. The molecule has 0 aliphatic carbocycles. The first-order valence-corrected chi connectivity index (χ1v) is 3.53. The molecule has 0 spiro atoms. The molecule has 2 nitrogen and oxygen atoms in total. The maximum atomic E-state index is 12.4. The molecule has 1 aromatic rings. The van der Waals surface area contributed by atoms with Crippen molar-refractivity contribution in [3.8, 4) is 0 Å². The summed E-state index contributed by atoms with van der Waals surface area (Å²) in [6.45, 7) is 0. The molecule has 0 unspecified atom stereocenters. The number of hydrogen-bond donors (Lipinski definition) is 0. The Kier molecular flexibility index (Phi) is 2.51. The summed E-state index contributed by atoms with van der Waals surface area (Å²) in [5.74, 6) is -1.21. The van der Waals surface area contributed by atoms with Crippen molar-refractivity contribution in [3.63, 3.8) is 0 Å². The molecule has 0 fully saturated rings. The molecule has 1 aromatic heterocycles. The highest BCUT2D eigenvalue weighted by atomic mass is 32.2. The fourth-order valence-electron chi connectivity index (χ4n) is 0.486. The van der Waals surface area contributed by atoms with E-state index in [1.165, 1.54) is 0 Å². The lowest BCUT2D eigenvalue weighted by molar-refractivity contribution is -0.0331. The topological polar surface area (TPSA) is 25.8 Å². The van der Waals surface area contributed by atoms with Crippen LogP contribution in [0.5, 0.6) is 0 Å². The van der Waals surface area contributed by atoms with Gasteiger partial charge in [0.05, 0.1) is 0 Å². The van der Waals surface area contributed by atoms with Crippen LogP contribution in [-0.4, -0.2) is 15.5 Å². The summed E-state index contributed by atoms with van der Waals surface area (Å²) in [7, 11) is 0. The van der Waals surface area contributed by atoms with Crippen molar-refractivity contribution in [1.29, 1.82) is 0 Å². The zero-order valence-electron chi connectivity index (χ0n) is 5.47. The number of hydrogen-bond acceptors (Lipinski definition) is 3. The minimum absolute atomic E-state index is 0.621. The lowest BCUT2D eigenvalue weighted by Gasteiger charge is -2.03. The monoisotopic (exact) mass is 198 g/mol. The van der Waals surface area contributed by atoms with Gasteiger partial charge < -0.3 is 0 Å². The highest BCUT2D eigenvalue weighted by Gasteiger charge is 2.31. The molecule has 12 heavy (non-hydrogen) atoms. The first-order valence-electron chi connectivity index (χ1n) is 2.71. The Morgan fingerprint density at radius 1 is 1.17 bits per heavy atom. The zero-order chi connectivity index (χ0) is 9.19. The molecular formula is C5H2F4N2S. The van der Waals surface area contributed by atoms with Gasteiger partial charge in [-0.2, -0.15) is 17.6 Å². The normalized spacial score (nSPS) is 11.7. The maximum Gasteiger partial charge on any atom is 0.448 e. The molecule has 0 radical (unpaired) electrons. The smallest absolute Gasteiger partial charge is 0.243 e. The second kappa shape index (κ2) is 3.26. The Morgan fingerprint density at radius 3 is 2.25 bits per heavy atom. The molecular weight excluding hydrogens is 196 g/mol. The van der Waals surface area contributed by atoms with Crippen molar-refractivity contribution in [2.75, 3.05) is 0 Å². The van der Waals surface area contributed by atoms with Gasteiger partial charge in [-0.3, -0.25) is 0 Å². The zero-order valence-corrected chi connectivity index (χ0v) is 6.29. The third-order valence-electron chi connectivity index (χ3n) is 0.835. The van der Waals surface area contributed by atoms with Gasteiger partial charge in [-0.05, 0) is 0 Å². The highest BCUT2D eigenvalue weighted by Crippen LogP contribution is 2.36. The number of alkyl halides is 3. The summed E-state index contributed by atoms with van der Waals surface area (Å²) < 4.78 is 47.4. The average Bonchev–Trinajstić information content (AvgIpc) is 1.91. The minimum atomic E-state index is -4.53. The first kappa shape index (κ1) is 9.24. The number of halogens is 4. The van der Waals surface area contributed by atoms with Crippen LogP contribution < -0.4 is 0 Å². The molecule has 7 heteroatoms. The molecule has 0 aliphatic heterocycles. The van der Waals surface area contributed by atoms with Crippen molar-refractivity contribution in [3.05, 3.63) is 18.3 Å². The van der Waals surface area contributed by atoms with Gasteiger partial charge in [0.2, 0.25) is 5.95 Å². The van der Waals surface area contributed by atoms with Gasteiger partial charge in [0.15, 0.2) is 5.03 Å². The summed E-state index contributed by atoms with van der Waals surface area (Å²) in [6, 6.07) is 0. The van der Waals surface area contributed by atoms with Crippen LogP contribution in [-0.2, 0) is 0 Å². The summed E-state index contributed by atoms with van der Waals surface area (Å²) in [6.07, 6.45) is 1.98. The Hall–Kier alpha value is -0.850. The molecule has 1 rings (SSSR count). The van der Waals surface area contributed by atoms with Gasteiger partial charge in [0.25, 0.3) is 0 Å². The van der Waals surface area contributed by atoms with E-state index in [1.54, 1.807) is 0 Å². The van der Waals surface area contributed by atoms with E-state index >= 15 is 0 Å². The molecule has 0 amide bonds. The Morgan fingerprint density at radius 2 is 1.75 bits per heavy atom. The average molecular weight is 198 g/mol. The van der Waals surface area contributed by atoms with Crippen LogP contribution >= 0.6 is 11.8 Å².